The van der Waals surface area contributed by atoms with Crippen molar-refractivity contribution in [2.75, 3.05) is 13.2 Å². The van der Waals surface area contributed by atoms with Crippen molar-refractivity contribution in [1.82, 2.24) is 10.2 Å². The molecule has 2 N–H and O–H groups in total. The lowest BCUT2D eigenvalue weighted by atomic mass is 9.87. The van der Waals surface area contributed by atoms with Gasteiger partial charge in [0.25, 0.3) is 0 Å². The fourth-order valence-corrected chi connectivity index (χ4v) is 5.58. The lowest BCUT2D eigenvalue weighted by Gasteiger charge is -2.43. The molecule has 2 aromatic rings. The minimum Gasteiger partial charge on any atom is -0.480 e. The van der Waals surface area contributed by atoms with Gasteiger partial charge in [-0.05, 0) is 60.8 Å². The number of nitrogens with one attached hydrogen (secondary N) is 1. The second-order valence-corrected chi connectivity index (χ2v) is 10.2. The van der Waals surface area contributed by atoms with Crippen molar-refractivity contribution in [2.45, 2.75) is 62.9 Å². The molecule has 2 aliphatic carbocycles. The number of carboxylic acids is 1. The van der Waals surface area contributed by atoms with Gasteiger partial charge in [0.15, 0.2) is 0 Å². The third-order valence-electron chi connectivity index (χ3n) is 7.82. The number of nitrogens with zero attached hydrogens (tertiary/aromatic N) is 1. The third kappa shape index (κ3) is 4.51. The average molecular weight is 477 g/mol. The monoisotopic (exact) mass is 476 g/mol. The van der Waals surface area contributed by atoms with Gasteiger partial charge in [-0.1, -0.05) is 61.4 Å². The normalized spacial score (nSPS) is 22.1. The van der Waals surface area contributed by atoms with Crippen molar-refractivity contribution < 1.29 is 24.2 Å². The highest BCUT2D eigenvalue weighted by Crippen LogP contribution is 2.44. The Morgan fingerprint density at radius 2 is 1.69 bits per heavy atom. The van der Waals surface area contributed by atoms with Gasteiger partial charge in [0.05, 0.1) is 0 Å². The summed E-state index contributed by atoms with van der Waals surface area (Å²) in [6.45, 7) is 2.16. The first-order chi connectivity index (χ1) is 16.9. The Balaban J connectivity index is 1.28. The Hall–Kier alpha value is -3.35. The van der Waals surface area contributed by atoms with E-state index in [1.165, 1.54) is 4.90 Å². The molecule has 7 heteroatoms. The van der Waals surface area contributed by atoms with E-state index >= 15 is 0 Å². The second-order valence-electron chi connectivity index (χ2n) is 10.2. The summed E-state index contributed by atoms with van der Waals surface area (Å²) in [6.07, 6.45) is 3.85. The van der Waals surface area contributed by atoms with Gasteiger partial charge >= 0.3 is 12.1 Å². The highest BCUT2D eigenvalue weighted by Gasteiger charge is 2.46. The molecule has 2 unspecified atom stereocenters. The third-order valence-corrected chi connectivity index (χ3v) is 7.82. The van der Waals surface area contributed by atoms with Gasteiger partial charge in [0.2, 0.25) is 5.91 Å². The van der Waals surface area contributed by atoms with Crippen LogP contribution in [0.5, 0.6) is 0 Å². The van der Waals surface area contributed by atoms with Crippen LogP contribution in [0.25, 0.3) is 11.1 Å². The van der Waals surface area contributed by atoms with E-state index in [1.807, 2.05) is 24.3 Å². The number of carbonyl (C=O) groups is 3. The van der Waals surface area contributed by atoms with Gasteiger partial charge in [-0.2, -0.15) is 0 Å². The maximum Gasteiger partial charge on any atom is 0.407 e. The van der Waals surface area contributed by atoms with E-state index in [1.54, 1.807) is 6.92 Å². The second kappa shape index (κ2) is 9.36. The Kier molecular flexibility index (Phi) is 6.26. The first-order valence-electron chi connectivity index (χ1n) is 12.5. The highest BCUT2D eigenvalue weighted by atomic mass is 16.5. The largest absolute Gasteiger partial charge is 0.480 e. The zero-order valence-corrected chi connectivity index (χ0v) is 20.0. The number of rotatable bonds is 7. The summed E-state index contributed by atoms with van der Waals surface area (Å²) in [7, 11) is 0. The minimum atomic E-state index is -1.25. The topological polar surface area (TPSA) is 95.9 Å². The van der Waals surface area contributed by atoms with Crippen LogP contribution in [-0.2, 0) is 14.3 Å². The van der Waals surface area contributed by atoms with Crippen molar-refractivity contribution in [2.24, 2.45) is 5.92 Å². The Morgan fingerprint density at radius 3 is 2.29 bits per heavy atom. The number of amides is 2. The predicted molar refractivity (Wildman–Crippen MR) is 131 cm³/mol. The summed E-state index contributed by atoms with van der Waals surface area (Å²) in [5.74, 6) is -1.02. The summed E-state index contributed by atoms with van der Waals surface area (Å²) >= 11 is 0. The molecule has 1 heterocycles. The Bertz CT molecular complexity index is 1100. The molecule has 0 aromatic heterocycles. The van der Waals surface area contributed by atoms with E-state index in [9.17, 15) is 19.5 Å². The van der Waals surface area contributed by atoms with Crippen molar-refractivity contribution >= 4 is 18.0 Å². The quantitative estimate of drug-likeness (QED) is 0.611. The van der Waals surface area contributed by atoms with Crippen LogP contribution in [0.4, 0.5) is 4.79 Å². The van der Waals surface area contributed by atoms with Crippen LogP contribution in [0.2, 0.25) is 0 Å². The Labute approximate surface area is 205 Å². The molecule has 0 spiro atoms. The molecule has 0 bridgehead atoms. The summed E-state index contributed by atoms with van der Waals surface area (Å²) in [5.41, 5.74) is 3.30. The number of carbonyl (C=O) groups excluding carboxylic acids is 2. The van der Waals surface area contributed by atoms with Crippen LogP contribution < -0.4 is 5.32 Å². The number of benzene rings is 2. The van der Waals surface area contributed by atoms with Gasteiger partial charge < -0.3 is 20.1 Å². The van der Waals surface area contributed by atoms with Crippen molar-refractivity contribution in [1.29, 1.82) is 0 Å². The molecule has 1 aliphatic heterocycles. The highest BCUT2D eigenvalue weighted by molar-refractivity contribution is 5.91. The molecule has 0 radical (unpaired) electrons. The number of likely N-dealkylation sites (tertiary alicyclic amines) is 1. The number of hydrogen-bond acceptors (Lipinski definition) is 4. The van der Waals surface area contributed by atoms with Crippen LogP contribution in [0.15, 0.2) is 48.5 Å². The number of carboxylic acid groups (broad SMARTS) is 1. The average Bonchev–Trinajstić information content (AvgIpc) is 3.62. The smallest absolute Gasteiger partial charge is 0.407 e. The summed E-state index contributed by atoms with van der Waals surface area (Å²) in [5, 5.41) is 12.6. The summed E-state index contributed by atoms with van der Waals surface area (Å²) in [4.78, 5) is 39.9. The van der Waals surface area contributed by atoms with E-state index in [2.05, 4.69) is 29.6 Å². The van der Waals surface area contributed by atoms with Gasteiger partial charge in [-0.25, -0.2) is 9.59 Å². The van der Waals surface area contributed by atoms with Crippen molar-refractivity contribution in [3.8, 4) is 11.1 Å². The molecule has 2 atom stereocenters. The van der Waals surface area contributed by atoms with Gasteiger partial charge in [-0.3, -0.25) is 4.79 Å². The first kappa shape index (κ1) is 23.4. The number of ether oxygens (including phenoxy) is 1. The fourth-order valence-electron chi connectivity index (χ4n) is 5.58. The van der Waals surface area contributed by atoms with Crippen LogP contribution in [-0.4, -0.2) is 52.7 Å². The first-order valence-corrected chi connectivity index (χ1v) is 12.5. The molecule has 2 amide bonds. The molecule has 2 aromatic carbocycles. The number of fused-ring (bicyclic) bond motifs is 3. The molecule has 1 saturated carbocycles. The maximum absolute atomic E-state index is 13.5. The zero-order valence-electron chi connectivity index (χ0n) is 20.0. The van der Waals surface area contributed by atoms with Crippen LogP contribution in [0.3, 0.4) is 0 Å². The molecule has 7 nitrogen and oxygen atoms in total. The zero-order chi connectivity index (χ0) is 24.6. The molecular weight excluding hydrogens is 444 g/mol. The maximum atomic E-state index is 13.5. The van der Waals surface area contributed by atoms with E-state index in [-0.39, 0.29) is 18.4 Å². The summed E-state index contributed by atoms with van der Waals surface area (Å²) in [6, 6.07) is 15.5. The van der Waals surface area contributed by atoms with Crippen LogP contribution in [0.1, 0.15) is 62.5 Å². The van der Waals surface area contributed by atoms with Gasteiger partial charge in [0, 0.05) is 12.5 Å². The van der Waals surface area contributed by atoms with E-state index in [0.29, 0.717) is 25.3 Å². The number of alkyl carbamates (subject to hydrolysis) is 1. The van der Waals surface area contributed by atoms with Gasteiger partial charge in [-0.15, -0.1) is 0 Å². The van der Waals surface area contributed by atoms with E-state index < -0.39 is 23.6 Å². The van der Waals surface area contributed by atoms with Crippen molar-refractivity contribution in [3.05, 3.63) is 59.7 Å². The molecular formula is C28H32N2O5. The van der Waals surface area contributed by atoms with Gasteiger partial charge in [0.1, 0.15) is 18.2 Å². The summed E-state index contributed by atoms with van der Waals surface area (Å²) < 4.78 is 5.67. The van der Waals surface area contributed by atoms with E-state index in [0.717, 1.165) is 47.9 Å². The lowest BCUT2D eigenvalue weighted by Crippen LogP contribution is -2.62. The lowest BCUT2D eigenvalue weighted by molar-refractivity contribution is -0.161. The van der Waals surface area contributed by atoms with Crippen LogP contribution in [0, 0.1) is 5.92 Å². The molecule has 5 rings (SSSR count). The fraction of sp³-hybridized carbons (Fsp3) is 0.464. The Morgan fingerprint density at radius 1 is 1.06 bits per heavy atom. The predicted octanol–water partition coefficient (Wildman–Crippen LogP) is 4.55. The number of hydrogen-bond donors (Lipinski definition) is 2. The van der Waals surface area contributed by atoms with Crippen molar-refractivity contribution in [3.63, 3.8) is 0 Å². The standard InChI is InChI=1S/C28H32N2O5/c1-28(26(32)33)14-6-7-15-30(28)25(31)24(16-18-12-13-18)29-27(34)35-17-23-21-10-4-2-8-19(21)20-9-3-5-11-22(20)23/h2-5,8-11,18,23-24H,6-7,12-17H2,1H3,(H,29,34)(H,32,33). The minimum absolute atomic E-state index is 0.0665. The molecule has 35 heavy (non-hydrogen) atoms. The molecule has 1 saturated heterocycles. The molecule has 184 valence electrons. The molecule has 2 fully saturated rings. The number of piperidine rings is 1. The van der Waals surface area contributed by atoms with Crippen LogP contribution >= 0.6 is 0 Å². The van der Waals surface area contributed by atoms with E-state index in [4.69, 9.17) is 4.74 Å². The molecule has 3 aliphatic rings. The number of aliphatic carboxylic acids is 1. The SMILES string of the molecule is CC1(C(=O)O)CCCCN1C(=O)C(CC1CC1)NC(=O)OCC1c2ccccc2-c2ccccc21.